The van der Waals surface area contributed by atoms with Gasteiger partial charge in [-0.15, -0.1) is 0 Å². The molecule has 1 fully saturated rings. The molecule has 34 heavy (non-hydrogen) atoms. The van der Waals surface area contributed by atoms with Gasteiger partial charge in [0.15, 0.2) is 0 Å². The molecule has 3 heterocycles. The van der Waals surface area contributed by atoms with Gasteiger partial charge in [0.2, 0.25) is 0 Å². The summed E-state index contributed by atoms with van der Waals surface area (Å²) in [5.74, 6) is -0.234. The molecule has 0 unspecified atom stereocenters. The summed E-state index contributed by atoms with van der Waals surface area (Å²) in [6, 6.07) is 11.4. The zero-order chi connectivity index (χ0) is 24.7. The highest BCUT2D eigenvalue weighted by molar-refractivity contribution is 6.31. The van der Waals surface area contributed by atoms with Gasteiger partial charge in [0, 0.05) is 47.6 Å². The van der Waals surface area contributed by atoms with E-state index in [4.69, 9.17) is 32.0 Å². The lowest BCUT2D eigenvalue weighted by molar-refractivity contribution is -0.192. The van der Waals surface area contributed by atoms with Crippen LogP contribution >= 0.6 is 11.6 Å². The zero-order valence-corrected chi connectivity index (χ0v) is 18.9. The molecule has 1 aromatic carbocycles. The predicted octanol–water partition coefficient (Wildman–Crippen LogP) is 5.18. The van der Waals surface area contributed by atoms with E-state index >= 15 is 0 Å². The third-order valence-electron chi connectivity index (χ3n) is 5.40. The van der Waals surface area contributed by atoms with Gasteiger partial charge in [-0.25, -0.2) is 9.78 Å². The number of nitrogens with two attached hydrogens (primary N) is 1. The van der Waals surface area contributed by atoms with Crippen molar-refractivity contribution in [3.63, 3.8) is 0 Å². The van der Waals surface area contributed by atoms with Crippen molar-refractivity contribution in [2.24, 2.45) is 5.92 Å². The van der Waals surface area contributed by atoms with E-state index in [1.54, 1.807) is 12.4 Å². The predicted molar refractivity (Wildman–Crippen MR) is 124 cm³/mol. The van der Waals surface area contributed by atoms with E-state index < -0.39 is 12.1 Å². The van der Waals surface area contributed by atoms with Gasteiger partial charge >= 0.3 is 12.1 Å². The molecule has 3 aromatic rings. The number of carboxylic acids is 1. The highest BCUT2D eigenvalue weighted by Crippen LogP contribution is 2.28. The highest BCUT2D eigenvalue weighted by Gasteiger charge is 2.38. The van der Waals surface area contributed by atoms with Crippen LogP contribution in [-0.4, -0.2) is 46.9 Å². The van der Waals surface area contributed by atoms with E-state index in [-0.39, 0.29) is 0 Å². The fourth-order valence-corrected chi connectivity index (χ4v) is 3.78. The standard InChI is InChI=1S/C21H23ClN4O.C2HF3O2/c22-16-1-2-18-19(13-16)24-9-4-20(18)27-12-7-15-5-10-26(11-6-15)21-14-17(23)3-8-25-21;3-2(4,5)1(6)7/h1-4,8-9,13-15H,5-7,10-12H2,(H2,23,25);(H,6,7). The third kappa shape index (κ3) is 7.11. The molecule has 3 N–H and O–H groups in total. The Balaban J connectivity index is 0.000000406. The molecule has 0 amide bonds. The third-order valence-corrected chi connectivity index (χ3v) is 5.63. The van der Waals surface area contributed by atoms with Crippen molar-refractivity contribution in [1.29, 1.82) is 0 Å². The minimum atomic E-state index is -5.08. The summed E-state index contributed by atoms with van der Waals surface area (Å²) < 4.78 is 37.8. The summed E-state index contributed by atoms with van der Waals surface area (Å²) >= 11 is 6.05. The van der Waals surface area contributed by atoms with E-state index in [1.165, 1.54) is 0 Å². The number of carbonyl (C=O) groups is 1. The second kappa shape index (κ2) is 11.2. The Morgan fingerprint density at radius 3 is 2.47 bits per heavy atom. The smallest absolute Gasteiger partial charge is 0.490 e. The fraction of sp³-hybridized carbons (Fsp3) is 0.348. The van der Waals surface area contributed by atoms with Crippen LogP contribution in [0.25, 0.3) is 10.9 Å². The molecule has 1 aliphatic rings. The monoisotopic (exact) mass is 496 g/mol. The highest BCUT2D eigenvalue weighted by atomic mass is 35.5. The first-order valence-electron chi connectivity index (χ1n) is 10.6. The molecule has 4 rings (SSSR count). The molecular formula is C23H24ClF3N4O3. The first-order valence-corrected chi connectivity index (χ1v) is 10.9. The fourth-order valence-electron chi connectivity index (χ4n) is 3.61. The zero-order valence-electron chi connectivity index (χ0n) is 18.1. The number of halogens is 4. The summed E-state index contributed by atoms with van der Waals surface area (Å²) in [5.41, 5.74) is 7.50. The number of aromatic nitrogens is 2. The Kier molecular flexibility index (Phi) is 8.38. The average Bonchev–Trinajstić information content (AvgIpc) is 2.79. The first-order chi connectivity index (χ1) is 16.1. The van der Waals surface area contributed by atoms with Crippen molar-refractivity contribution in [2.45, 2.75) is 25.4 Å². The van der Waals surface area contributed by atoms with Crippen LogP contribution in [0.15, 0.2) is 48.8 Å². The number of alkyl halides is 3. The number of nitrogens with zero attached hydrogens (tertiary/aromatic N) is 3. The molecule has 0 aliphatic carbocycles. The quantitative estimate of drug-likeness (QED) is 0.501. The number of piperidine rings is 1. The lowest BCUT2D eigenvalue weighted by atomic mass is 9.94. The summed E-state index contributed by atoms with van der Waals surface area (Å²) in [4.78, 5) is 20.0. The second-order valence-corrected chi connectivity index (χ2v) is 8.22. The molecule has 0 bridgehead atoms. The van der Waals surface area contributed by atoms with Gasteiger partial charge in [-0.3, -0.25) is 4.98 Å². The van der Waals surface area contributed by atoms with Gasteiger partial charge in [0.05, 0.1) is 12.1 Å². The number of carboxylic acid groups (broad SMARTS) is 1. The van der Waals surface area contributed by atoms with Gasteiger partial charge in [0.1, 0.15) is 11.6 Å². The summed E-state index contributed by atoms with van der Waals surface area (Å²) in [6.07, 6.45) is 1.80. The summed E-state index contributed by atoms with van der Waals surface area (Å²) in [5, 5.41) is 8.82. The van der Waals surface area contributed by atoms with Crippen molar-refractivity contribution < 1.29 is 27.8 Å². The molecule has 7 nitrogen and oxygen atoms in total. The lowest BCUT2D eigenvalue weighted by Gasteiger charge is -2.32. The number of nitrogen functional groups attached to an aromatic ring is 1. The lowest BCUT2D eigenvalue weighted by Crippen LogP contribution is -2.34. The van der Waals surface area contributed by atoms with Crippen molar-refractivity contribution in [3.8, 4) is 5.75 Å². The molecule has 1 saturated heterocycles. The van der Waals surface area contributed by atoms with Gasteiger partial charge in [0.25, 0.3) is 0 Å². The first kappa shape index (κ1) is 25.4. The second-order valence-electron chi connectivity index (χ2n) is 7.79. The Morgan fingerprint density at radius 2 is 1.82 bits per heavy atom. The van der Waals surface area contributed by atoms with E-state index in [0.29, 0.717) is 17.5 Å². The SMILES string of the molecule is Nc1ccnc(N2CCC(CCOc3ccnc4cc(Cl)ccc34)CC2)c1.O=C(O)C(F)(F)F. The summed E-state index contributed by atoms with van der Waals surface area (Å²) in [7, 11) is 0. The van der Waals surface area contributed by atoms with Gasteiger partial charge < -0.3 is 20.5 Å². The molecule has 1 aliphatic heterocycles. The van der Waals surface area contributed by atoms with Gasteiger partial charge in [-0.2, -0.15) is 13.2 Å². The van der Waals surface area contributed by atoms with Crippen molar-refractivity contribution in [2.75, 3.05) is 30.3 Å². The molecule has 0 saturated carbocycles. The van der Waals surface area contributed by atoms with E-state index in [2.05, 4.69) is 14.9 Å². The van der Waals surface area contributed by atoms with Crippen LogP contribution in [0.3, 0.4) is 0 Å². The van der Waals surface area contributed by atoms with Crippen molar-refractivity contribution in [3.05, 3.63) is 53.8 Å². The Bertz CT molecular complexity index is 1120. The van der Waals surface area contributed by atoms with Gasteiger partial charge in [-0.1, -0.05) is 11.6 Å². The number of pyridine rings is 2. The largest absolute Gasteiger partial charge is 0.493 e. The maximum atomic E-state index is 10.6. The van der Waals surface area contributed by atoms with Crippen LogP contribution in [0, 0.1) is 5.92 Å². The molecule has 11 heteroatoms. The molecule has 0 spiro atoms. The van der Waals surface area contributed by atoms with Crippen LogP contribution in [-0.2, 0) is 4.79 Å². The van der Waals surface area contributed by atoms with E-state index in [1.807, 2.05) is 36.4 Å². The van der Waals surface area contributed by atoms with Crippen LogP contribution in [0.5, 0.6) is 5.75 Å². The minimum Gasteiger partial charge on any atom is -0.493 e. The van der Waals surface area contributed by atoms with Gasteiger partial charge in [-0.05, 0) is 55.5 Å². The maximum Gasteiger partial charge on any atom is 0.490 e. The average molecular weight is 497 g/mol. The number of anilines is 2. The van der Waals surface area contributed by atoms with E-state index in [0.717, 1.165) is 60.5 Å². The van der Waals surface area contributed by atoms with Crippen molar-refractivity contribution in [1.82, 2.24) is 9.97 Å². The number of aliphatic carboxylic acids is 1. The van der Waals surface area contributed by atoms with E-state index in [9.17, 15) is 13.2 Å². The number of hydrogen-bond acceptors (Lipinski definition) is 6. The van der Waals surface area contributed by atoms with Crippen molar-refractivity contribution >= 4 is 40.0 Å². The number of rotatable bonds is 5. The van der Waals surface area contributed by atoms with Crippen LogP contribution in [0.4, 0.5) is 24.7 Å². The normalized spacial score (nSPS) is 14.4. The number of hydrogen-bond donors (Lipinski definition) is 2. The Hall–Kier alpha value is -3.27. The topological polar surface area (TPSA) is 102 Å². The molecule has 2 aromatic heterocycles. The number of benzene rings is 1. The Morgan fingerprint density at radius 1 is 1.15 bits per heavy atom. The summed E-state index contributed by atoms with van der Waals surface area (Å²) in [6.45, 7) is 2.73. The number of fused-ring (bicyclic) bond motifs is 1. The number of ether oxygens (including phenoxy) is 1. The Labute approximate surface area is 199 Å². The van der Waals surface area contributed by atoms with Crippen LogP contribution < -0.4 is 15.4 Å². The van der Waals surface area contributed by atoms with Crippen LogP contribution in [0.1, 0.15) is 19.3 Å². The van der Waals surface area contributed by atoms with Crippen LogP contribution in [0.2, 0.25) is 5.02 Å². The molecule has 182 valence electrons. The minimum absolute atomic E-state index is 0.671. The molecule has 0 atom stereocenters. The molecule has 0 radical (unpaired) electrons. The molecular weight excluding hydrogens is 473 g/mol. The maximum absolute atomic E-state index is 10.6.